The molecule has 23 heavy (non-hydrogen) atoms. The maximum atomic E-state index is 11.9. The minimum atomic E-state index is 0.00139. The van der Waals surface area contributed by atoms with Crippen LogP contribution in [-0.2, 0) is 9.53 Å². The van der Waals surface area contributed by atoms with E-state index in [1.807, 2.05) is 14.1 Å². The molecule has 0 amide bonds. The monoisotopic (exact) mass is 325 g/mol. The fourth-order valence-electron chi connectivity index (χ4n) is 3.74. The molecule has 0 radical (unpaired) electrons. The molecule has 0 spiro atoms. The van der Waals surface area contributed by atoms with Crippen molar-refractivity contribution in [1.82, 2.24) is 14.7 Å². The molecule has 2 saturated heterocycles. The van der Waals surface area contributed by atoms with Crippen LogP contribution in [0.25, 0.3) is 0 Å². The average Bonchev–Trinajstić information content (AvgIpc) is 2.53. The lowest BCUT2D eigenvalue weighted by Gasteiger charge is -2.41. The first-order valence-corrected chi connectivity index (χ1v) is 9.27. The summed E-state index contributed by atoms with van der Waals surface area (Å²) < 4.78 is 5.37. The molecule has 0 aliphatic carbocycles. The number of likely N-dealkylation sites (tertiary alicyclic amines) is 2. The Bertz CT molecular complexity index is 346. The quantitative estimate of drug-likeness (QED) is 0.526. The fourth-order valence-corrected chi connectivity index (χ4v) is 3.74. The van der Waals surface area contributed by atoms with E-state index >= 15 is 0 Å². The summed E-state index contributed by atoms with van der Waals surface area (Å²) in [5.41, 5.74) is 0. The summed E-state index contributed by atoms with van der Waals surface area (Å²) in [7, 11) is 6.30. The summed E-state index contributed by atoms with van der Waals surface area (Å²) in [4.78, 5) is 19.1. The summed E-state index contributed by atoms with van der Waals surface area (Å²) >= 11 is 0. The lowest BCUT2D eigenvalue weighted by atomic mass is 9.91. The third-order valence-electron chi connectivity index (χ3n) is 5.32. The number of rotatable bonds is 7. The fraction of sp³-hybridized carbons (Fsp3) is 0.944. The number of piperidine rings is 2. The number of hydrogen-bond donors (Lipinski definition) is 0. The van der Waals surface area contributed by atoms with Crippen LogP contribution >= 0.6 is 0 Å². The zero-order valence-corrected chi connectivity index (χ0v) is 15.3. The molecular formula is C18H35N3O2. The van der Waals surface area contributed by atoms with Crippen LogP contribution < -0.4 is 0 Å². The molecule has 0 saturated carbocycles. The zero-order chi connectivity index (χ0) is 16.7. The molecule has 0 aromatic heterocycles. The minimum Gasteiger partial charge on any atom is -0.466 e. The van der Waals surface area contributed by atoms with Gasteiger partial charge < -0.3 is 19.4 Å². The molecule has 0 unspecified atom stereocenters. The predicted molar refractivity (Wildman–Crippen MR) is 93.6 cm³/mol. The molecule has 0 bridgehead atoms. The largest absolute Gasteiger partial charge is 0.466 e. The molecule has 0 aromatic carbocycles. The van der Waals surface area contributed by atoms with Gasteiger partial charge in [0.1, 0.15) is 0 Å². The standard InChI is InChI=1S/C18H35N3O2/c1-19(2)9-4-14-23-18(22)15-16-5-12-21(13-6-16)17-7-10-20(3)11-8-17/h16-17H,4-15H2,1-3H3. The van der Waals surface area contributed by atoms with Crippen LogP contribution in [-0.4, -0.2) is 87.2 Å². The van der Waals surface area contributed by atoms with Gasteiger partial charge in [-0.15, -0.1) is 0 Å². The molecule has 2 heterocycles. The van der Waals surface area contributed by atoms with Crippen LogP contribution in [0.4, 0.5) is 0 Å². The van der Waals surface area contributed by atoms with Crippen molar-refractivity contribution in [3.8, 4) is 0 Å². The van der Waals surface area contributed by atoms with E-state index in [0.717, 1.165) is 44.9 Å². The van der Waals surface area contributed by atoms with E-state index in [1.54, 1.807) is 0 Å². The molecule has 2 aliphatic heterocycles. The van der Waals surface area contributed by atoms with E-state index in [1.165, 1.54) is 25.9 Å². The van der Waals surface area contributed by atoms with Gasteiger partial charge in [0.15, 0.2) is 0 Å². The van der Waals surface area contributed by atoms with E-state index in [0.29, 0.717) is 18.9 Å². The minimum absolute atomic E-state index is 0.00139. The number of ether oxygens (including phenoxy) is 1. The molecule has 2 rings (SSSR count). The molecule has 134 valence electrons. The van der Waals surface area contributed by atoms with Crippen molar-refractivity contribution in [2.75, 3.05) is 60.5 Å². The Kier molecular flexibility index (Phi) is 7.80. The smallest absolute Gasteiger partial charge is 0.306 e. The lowest BCUT2D eigenvalue weighted by Crippen LogP contribution is -2.47. The van der Waals surface area contributed by atoms with Gasteiger partial charge in [-0.25, -0.2) is 0 Å². The predicted octanol–water partition coefficient (Wildman–Crippen LogP) is 1.68. The highest BCUT2D eigenvalue weighted by atomic mass is 16.5. The Hall–Kier alpha value is -0.650. The number of carbonyl (C=O) groups is 1. The molecule has 0 N–H and O–H groups in total. The maximum Gasteiger partial charge on any atom is 0.306 e. The van der Waals surface area contributed by atoms with Gasteiger partial charge >= 0.3 is 5.97 Å². The van der Waals surface area contributed by atoms with Crippen molar-refractivity contribution < 1.29 is 9.53 Å². The van der Waals surface area contributed by atoms with Gasteiger partial charge in [0, 0.05) is 19.0 Å². The van der Waals surface area contributed by atoms with E-state index in [2.05, 4.69) is 21.7 Å². The summed E-state index contributed by atoms with van der Waals surface area (Å²) in [6, 6.07) is 0.769. The number of nitrogens with zero attached hydrogens (tertiary/aromatic N) is 3. The first-order chi connectivity index (χ1) is 11.0. The van der Waals surface area contributed by atoms with Crippen molar-refractivity contribution >= 4 is 5.97 Å². The Balaban J connectivity index is 1.58. The van der Waals surface area contributed by atoms with E-state index in [-0.39, 0.29) is 5.97 Å². The van der Waals surface area contributed by atoms with Gasteiger partial charge in [0.2, 0.25) is 0 Å². The van der Waals surface area contributed by atoms with Crippen molar-refractivity contribution in [3.63, 3.8) is 0 Å². The van der Waals surface area contributed by atoms with Crippen LogP contribution in [0, 0.1) is 5.92 Å². The second kappa shape index (κ2) is 9.60. The van der Waals surface area contributed by atoms with E-state index in [9.17, 15) is 4.79 Å². The molecular weight excluding hydrogens is 290 g/mol. The van der Waals surface area contributed by atoms with Crippen molar-refractivity contribution in [2.24, 2.45) is 5.92 Å². The van der Waals surface area contributed by atoms with E-state index < -0.39 is 0 Å². The topological polar surface area (TPSA) is 36.0 Å². The summed E-state index contributed by atoms with van der Waals surface area (Å²) in [5.74, 6) is 0.528. The number of carbonyl (C=O) groups excluding carboxylic acids is 1. The van der Waals surface area contributed by atoms with Gasteiger partial charge in [-0.2, -0.15) is 0 Å². The second-order valence-corrected chi connectivity index (χ2v) is 7.60. The highest BCUT2D eigenvalue weighted by molar-refractivity contribution is 5.69. The molecule has 0 aromatic rings. The Morgan fingerprint density at radius 1 is 1.09 bits per heavy atom. The zero-order valence-electron chi connectivity index (χ0n) is 15.3. The highest BCUT2D eigenvalue weighted by Crippen LogP contribution is 2.25. The van der Waals surface area contributed by atoms with Crippen LogP contribution in [0.15, 0.2) is 0 Å². The first kappa shape index (κ1) is 18.7. The van der Waals surface area contributed by atoms with Gasteiger partial charge in [-0.3, -0.25) is 4.79 Å². The van der Waals surface area contributed by atoms with E-state index in [4.69, 9.17) is 4.74 Å². The van der Waals surface area contributed by atoms with Crippen LogP contribution in [0.1, 0.15) is 38.5 Å². The maximum absolute atomic E-state index is 11.9. The molecule has 5 heteroatoms. The summed E-state index contributed by atoms with van der Waals surface area (Å²) in [6.07, 6.45) is 6.44. The van der Waals surface area contributed by atoms with Crippen LogP contribution in [0.3, 0.4) is 0 Å². The highest BCUT2D eigenvalue weighted by Gasteiger charge is 2.28. The number of esters is 1. The first-order valence-electron chi connectivity index (χ1n) is 9.27. The number of hydrogen-bond acceptors (Lipinski definition) is 5. The Labute approximate surface area is 141 Å². The lowest BCUT2D eigenvalue weighted by molar-refractivity contribution is -0.145. The van der Waals surface area contributed by atoms with Crippen LogP contribution in [0.5, 0.6) is 0 Å². The third-order valence-corrected chi connectivity index (χ3v) is 5.32. The molecule has 5 nitrogen and oxygen atoms in total. The SMILES string of the molecule is CN(C)CCCOC(=O)CC1CCN(C2CCN(C)CC2)CC1. The van der Waals surface area contributed by atoms with Gasteiger partial charge in [0.25, 0.3) is 0 Å². The summed E-state index contributed by atoms with van der Waals surface area (Å²) in [5, 5.41) is 0. The van der Waals surface area contributed by atoms with Gasteiger partial charge in [0.05, 0.1) is 6.61 Å². The molecule has 2 aliphatic rings. The van der Waals surface area contributed by atoms with Gasteiger partial charge in [-0.1, -0.05) is 0 Å². The Morgan fingerprint density at radius 3 is 2.35 bits per heavy atom. The molecule has 2 fully saturated rings. The van der Waals surface area contributed by atoms with Gasteiger partial charge in [-0.05, 0) is 85.3 Å². The van der Waals surface area contributed by atoms with Crippen molar-refractivity contribution in [2.45, 2.75) is 44.6 Å². The van der Waals surface area contributed by atoms with Crippen LogP contribution in [0.2, 0.25) is 0 Å². The average molecular weight is 325 g/mol. The van der Waals surface area contributed by atoms with Crippen molar-refractivity contribution in [3.05, 3.63) is 0 Å². The van der Waals surface area contributed by atoms with Crippen molar-refractivity contribution in [1.29, 1.82) is 0 Å². The Morgan fingerprint density at radius 2 is 1.74 bits per heavy atom. The molecule has 0 atom stereocenters. The normalized spacial score (nSPS) is 22.6. The summed E-state index contributed by atoms with van der Waals surface area (Å²) in [6.45, 7) is 6.31. The second-order valence-electron chi connectivity index (χ2n) is 7.60. The third kappa shape index (κ3) is 6.77.